The number of rotatable bonds is 7. The van der Waals surface area contributed by atoms with Gasteiger partial charge in [-0.2, -0.15) is 10.1 Å². The van der Waals surface area contributed by atoms with E-state index in [1.807, 2.05) is 24.4 Å². The second-order valence-corrected chi connectivity index (χ2v) is 10.9. The molecule has 0 spiro atoms. The Bertz CT molecular complexity index is 1180. The van der Waals surface area contributed by atoms with Crippen molar-refractivity contribution in [1.29, 1.82) is 0 Å². The molecule has 0 aliphatic carbocycles. The molecule has 11 heteroatoms. The summed E-state index contributed by atoms with van der Waals surface area (Å²) in [7, 11) is 0. The number of aromatic nitrogens is 4. The minimum absolute atomic E-state index is 0.155. The lowest BCUT2D eigenvalue weighted by molar-refractivity contribution is -0.126. The van der Waals surface area contributed by atoms with Crippen LogP contribution in [-0.2, 0) is 9.53 Å². The molecule has 0 saturated carbocycles. The average molecular weight is 497 g/mol. The van der Waals surface area contributed by atoms with Gasteiger partial charge in [-0.05, 0) is 44.1 Å². The zero-order chi connectivity index (χ0) is 23.8. The van der Waals surface area contributed by atoms with Gasteiger partial charge in [0, 0.05) is 48.9 Å². The van der Waals surface area contributed by atoms with Gasteiger partial charge in [0.1, 0.15) is 16.4 Å². The Kier molecular flexibility index (Phi) is 6.40. The van der Waals surface area contributed by atoms with E-state index >= 15 is 0 Å². The van der Waals surface area contributed by atoms with Crippen LogP contribution in [0.2, 0.25) is 0 Å². The Morgan fingerprint density at radius 2 is 2.00 bits per heavy atom. The van der Waals surface area contributed by atoms with Crippen LogP contribution < -0.4 is 16.0 Å². The van der Waals surface area contributed by atoms with Gasteiger partial charge in [0.15, 0.2) is 5.82 Å². The number of piperidine rings is 2. The number of anilines is 3. The fourth-order valence-corrected chi connectivity index (χ4v) is 6.42. The Morgan fingerprint density at radius 3 is 2.74 bits per heavy atom. The number of H-pyrrole nitrogens is 1. The van der Waals surface area contributed by atoms with Gasteiger partial charge in [0.2, 0.25) is 5.95 Å². The Hall–Kier alpha value is -2.60. The first-order chi connectivity index (χ1) is 17.1. The lowest BCUT2D eigenvalue weighted by Gasteiger charge is -2.43. The standard InChI is InChI=1S/C24H32N8O2S/c1-14-8-21(31-30-14)27-22-19-2-7-35-23(19)29-24(28-22)26-18-11-16-9-15(10-17(12-18)25-16)20(33)13-32-3-5-34-6-4-32/h2,7-8,15-18,25H,3-6,9-13H2,1H3,(H3,26,27,28,29,30,31)/t15?,16-,17+,18-. The van der Waals surface area contributed by atoms with E-state index in [1.54, 1.807) is 11.3 Å². The Balaban J connectivity index is 1.11. The zero-order valence-electron chi connectivity index (χ0n) is 19.9. The summed E-state index contributed by atoms with van der Waals surface area (Å²) in [5, 5.41) is 20.9. The topological polar surface area (TPSA) is 120 Å². The first kappa shape index (κ1) is 22.8. The number of Topliss-reactive ketones (excluding diaryl/α,β-unsaturated/α-hetero) is 1. The number of fused-ring (bicyclic) bond motifs is 3. The maximum Gasteiger partial charge on any atom is 0.226 e. The quantitative estimate of drug-likeness (QED) is 0.391. The average Bonchev–Trinajstić information content (AvgIpc) is 3.48. The van der Waals surface area contributed by atoms with Gasteiger partial charge >= 0.3 is 0 Å². The highest BCUT2D eigenvalue weighted by atomic mass is 32.1. The number of carbonyl (C=O) groups excluding carboxylic acids is 1. The summed E-state index contributed by atoms with van der Waals surface area (Å²) in [4.78, 5) is 25.8. The fraction of sp³-hybridized carbons (Fsp3) is 0.583. The largest absolute Gasteiger partial charge is 0.379 e. The summed E-state index contributed by atoms with van der Waals surface area (Å²) in [6, 6.07) is 4.95. The van der Waals surface area contributed by atoms with E-state index in [-0.39, 0.29) is 12.0 Å². The molecule has 6 rings (SSSR count). The number of hydrogen-bond donors (Lipinski definition) is 4. The molecule has 3 aliphatic rings. The number of carbonyl (C=O) groups is 1. The van der Waals surface area contributed by atoms with Crippen molar-refractivity contribution in [3.8, 4) is 0 Å². The normalized spacial score (nSPS) is 27.1. The molecule has 10 nitrogen and oxygen atoms in total. The summed E-state index contributed by atoms with van der Waals surface area (Å²) in [6.07, 6.45) is 3.75. The molecule has 0 radical (unpaired) electrons. The second kappa shape index (κ2) is 9.81. The SMILES string of the molecule is Cc1cc(Nc2nc(N[C@@H]3C[C@H]4CC(C(=O)CN5CCOCC5)C[C@@H](C3)N4)nc3sccc23)n[nH]1. The number of nitrogens with zero attached hydrogens (tertiary/aromatic N) is 4. The number of ether oxygens (including phenoxy) is 1. The third kappa shape index (κ3) is 5.18. The first-order valence-corrected chi connectivity index (χ1v) is 13.4. The minimum atomic E-state index is 0.155. The van der Waals surface area contributed by atoms with Crippen LogP contribution in [0, 0.1) is 12.8 Å². The van der Waals surface area contributed by atoms with E-state index < -0.39 is 0 Å². The van der Waals surface area contributed by atoms with Gasteiger partial charge in [-0.1, -0.05) is 0 Å². The predicted molar refractivity (Wildman–Crippen MR) is 136 cm³/mol. The molecular formula is C24H32N8O2S. The van der Waals surface area contributed by atoms with Crippen LogP contribution in [0.5, 0.6) is 0 Å². The smallest absolute Gasteiger partial charge is 0.226 e. The van der Waals surface area contributed by atoms with Crippen molar-refractivity contribution < 1.29 is 9.53 Å². The fourth-order valence-electron chi connectivity index (χ4n) is 5.65. The third-order valence-electron chi connectivity index (χ3n) is 7.30. The predicted octanol–water partition coefficient (Wildman–Crippen LogP) is 2.68. The van der Waals surface area contributed by atoms with Gasteiger partial charge in [-0.25, -0.2) is 4.98 Å². The molecular weight excluding hydrogens is 464 g/mol. The van der Waals surface area contributed by atoms with Crippen molar-refractivity contribution in [2.45, 2.75) is 50.7 Å². The van der Waals surface area contributed by atoms with Crippen LogP contribution in [0.1, 0.15) is 31.4 Å². The van der Waals surface area contributed by atoms with Crippen molar-refractivity contribution in [3.63, 3.8) is 0 Å². The zero-order valence-corrected chi connectivity index (χ0v) is 20.7. The van der Waals surface area contributed by atoms with Crippen molar-refractivity contribution in [2.24, 2.45) is 5.92 Å². The molecule has 0 aromatic carbocycles. The highest BCUT2D eigenvalue weighted by molar-refractivity contribution is 7.16. The molecule has 3 aromatic rings. The molecule has 2 bridgehead atoms. The molecule has 3 aromatic heterocycles. The molecule has 4 N–H and O–H groups in total. The summed E-state index contributed by atoms with van der Waals surface area (Å²) < 4.78 is 5.42. The Morgan fingerprint density at radius 1 is 1.20 bits per heavy atom. The Labute approximate surface area is 208 Å². The molecule has 4 atom stereocenters. The van der Waals surface area contributed by atoms with Crippen LogP contribution >= 0.6 is 11.3 Å². The summed E-state index contributed by atoms with van der Waals surface area (Å²) >= 11 is 1.61. The van der Waals surface area contributed by atoms with E-state index in [2.05, 4.69) is 31.0 Å². The number of thiophene rings is 1. The van der Waals surface area contributed by atoms with E-state index in [0.717, 1.165) is 79.5 Å². The van der Waals surface area contributed by atoms with E-state index in [9.17, 15) is 4.79 Å². The minimum Gasteiger partial charge on any atom is -0.379 e. The number of aryl methyl sites for hydroxylation is 1. The van der Waals surface area contributed by atoms with Crippen LogP contribution in [0.25, 0.3) is 10.2 Å². The van der Waals surface area contributed by atoms with Gasteiger partial charge in [-0.15, -0.1) is 11.3 Å². The van der Waals surface area contributed by atoms with Crippen LogP contribution in [-0.4, -0.2) is 81.8 Å². The molecule has 6 heterocycles. The van der Waals surface area contributed by atoms with Gasteiger partial charge in [0.05, 0.1) is 25.1 Å². The molecule has 1 unspecified atom stereocenters. The molecule has 3 saturated heterocycles. The third-order valence-corrected chi connectivity index (χ3v) is 8.10. The maximum absolute atomic E-state index is 13.0. The number of hydrogen-bond acceptors (Lipinski definition) is 10. The maximum atomic E-state index is 13.0. The van der Waals surface area contributed by atoms with Crippen molar-refractivity contribution >= 4 is 44.9 Å². The highest BCUT2D eigenvalue weighted by Gasteiger charge is 2.38. The van der Waals surface area contributed by atoms with Crippen LogP contribution in [0.15, 0.2) is 17.5 Å². The monoisotopic (exact) mass is 496 g/mol. The molecule has 186 valence electrons. The summed E-state index contributed by atoms with van der Waals surface area (Å²) in [5.41, 5.74) is 0.990. The number of aromatic amines is 1. The van der Waals surface area contributed by atoms with E-state index in [1.165, 1.54) is 0 Å². The lowest BCUT2D eigenvalue weighted by Crippen LogP contribution is -2.56. The first-order valence-electron chi connectivity index (χ1n) is 12.5. The number of morpholine rings is 1. The van der Waals surface area contributed by atoms with Crippen LogP contribution in [0.3, 0.4) is 0 Å². The second-order valence-electron chi connectivity index (χ2n) is 9.99. The van der Waals surface area contributed by atoms with E-state index in [0.29, 0.717) is 30.4 Å². The summed E-state index contributed by atoms with van der Waals surface area (Å²) in [6.45, 7) is 5.72. The van der Waals surface area contributed by atoms with Crippen LogP contribution in [0.4, 0.5) is 17.6 Å². The number of ketones is 1. The van der Waals surface area contributed by atoms with Gasteiger partial charge in [0.25, 0.3) is 0 Å². The highest BCUT2D eigenvalue weighted by Crippen LogP contribution is 2.33. The molecule has 35 heavy (non-hydrogen) atoms. The van der Waals surface area contributed by atoms with Crippen molar-refractivity contribution in [3.05, 3.63) is 23.2 Å². The van der Waals surface area contributed by atoms with Crippen molar-refractivity contribution in [2.75, 3.05) is 43.5 Å². The van der Waals surface area contributed by atoms with Crippen molar-refractivity contribution in [1.82, 2.24) is 30.4 Å². The molecule has 3 fully saturated rings. The van der Waals surface area contributed by atoms with E-state index in [4.69, 9.17) is 14.7 Å². The van der Waals surface area contributed by atoms with Gasteiger partial charge < -0.3 is 20.7 Å². The lowest BCUT2D eigenvalue weighted by atomic mass is 9.76. The molecule has 3 aliphatic heterocycles. The number of nitrogens with one attached hydrogen (secondary N) is 4. The molecule has 0 amide bonds. The summed E-state index contributed by atoms with van der Waals surface area (Å²) in [5.74, 6) is 2.68. The van der Waals surface area contributed by atoms with Gasteiger partial charge in [-0.3, -0.25) is 14.8 Å².